The van der Waals surface area contributed by atoms with E-state index < -0.39 is 35.8 Å². The summed E-state index contributed by atoms with van der Waals surface area (Å²) < 4.78 is 21.4. The van der Waals surface area contributed by atoms with Crippen molar-refractivity contribution in [3.05, 3.63) is 30.0 Å². The van der Waals surface area contributed by atoms with Crippen LogP contribution in [0.3, 0.4) is 0 Å². The molecule has 10 nitrogen and oxygen atoms in total. The van der Waals surface area contributed by atoms with Gasteiger partial charge in [0.2, 0.25) is 0 Å². The number of carboxylic acids is 1. The summed E-state index contributed by atoms with van der Waals surface area (Å²) in [5.74, 6) is -0.939. The molecule has 0 spiro atoms. The van der Waals surface area contributed by atoms with Crippen molar-refractivity contribution in [1.29, 1.82) is 0 Å². The van der Waals surface area contributed by atoms with E-state index in [-0.39, 0.29) is 18.7 Å². The minimum absolute atomic E-state index is 0.0133. The molecule has 1 aliphatic heterocycles. The maximum atomic E-state index is 12.5. The number of esters is 1. The van der Waals surface area contributed by atoms with Gasteiger partial charge in [-0.3, -0.25) is 4.90 Å². The molecule has 1 aliphatic rings. The molecule has 1 fully saturated rings. The summed E-state index contributed by atoms with van der Waals surface area (Å²) in [7, 11) is 2.76. The molecule has 172 valence electrons. The molecular weight excluding hydrogens is 420 g/mol. The number of carboxylic acid groups (broad SMARTS) is 1. The van der Waals surface area contributed by atoms with Gasteiger partial charge < -0.3 is 24.1 Å². The Labute approximate surface area is 185 Å². The topological polar surface area (TPSA) is 124 Å². The van der Waals surface area contributed by atoms with Gasteiger partial charge in [0.15, 0.2) is 5.69 Å². The zero-order valence-corrected chi connectivity index (χ0v) is 18.6. The maximum Gasteiger partial charge on any atom is 0.411 e. The summed E-state index contributed by atoms with van der Waals surface area (Å²) in [5, 5.41) is 10.2. The van der Waals surface area contributed by atoms with Crippen LogP contribution in [0.1, 0.15) is 37.7 Å². The van der Waals surface area contributed by atoms with E-state index in [9.17, 15) is 19.5 Å². The highest BCUT2D eigenvalue weighted by molar-refractivity contribution is 5.94. The van der Waals surface area contributed by atoms with Crippen molar-refractivity contribution in [1.82, 2.24) is 9.88 Å². The monoisotopic (exact) mass is 446 g/mol. The number of pyridine rings is 1. The lowest BCUT2D eigenvalue weighted by molar-refractivity contribution is -0.142. The Balaban J connectivity index is 1.93. The van der Waals surface area contributed by atoms with Crippen LogP contribution in [0.5, 0.6) is 11.5 Å². The number of aliphatic carboxylic acids is 1. The van der Waals surface area contributed by atoms with E-state index in [1.807, 2.05) is 0 Å². The second-order valence-electron chi connectivity index (χ2n) is 8.34. The quantitative estimate of drug-likeness (QED) is 0.690. The first kappa shape index (κ1) is 23.1. The molecule has 0 radical (unpaired) electrons. The van der Waals surface area contributed by atoms with Gasteiger partial charge in [0.1, 0.15) is 29.2 Å². The van der Waals surface area contributed by atoms with Crippen LogP contribution in [0.4, 0.5) is 4.79 Å². The molecule has 0 unspecified atom stereocenters. The van der Waals surface area contributed by atoms with Crippen LogP contribution in [0, 0.1) is 0 Å². The molecule has 0 saturated carbocycles. The molecule has 32 heavy (non-hydrogen) atoms. The number of aromatic nitrogens is 1. The number of ether oxygens (including phenoxy) is 4. The maximum absolute atomic E-state index is 12.5. The minimum atomic E-state index is -1.15. The molecule has 2 heterocycles. The predicted octanol–water partition coefficient (Wildman–Crippen LogP) is 2.87. The zero-order valence-electron chi connectivity index (χ0n) is 18.6. The number of hydrogen-bond acceptors (Lipinski definition) is 8. The molecule has 10 heteroatoms. The van der Waals surface area contributed by atoms with Crippen molar-refractivity contribution < 1.29 is 38.4 Å². The van der Waals surface area contributed by atoms with E-state index >= 15 is 0 Å². The normalized spacial score (nSPS) is 18.3. The summed E-state index contributed by atoms with van der Waals surface area (Å²) >= 11 is 0. The van der Waals surface area contributed by atoms with E-state index in [2.05, 4.69) is 4.98 Å². The van der Waals surface area contributed by atoms with Crippen LogP contribution < -0.4 is 9.47 Å². The van der Waals surface area contributed by atoms with Gasteiger partial charge >= 0.3 is 18.0 Å². The average Bonchev–Trinajstić information content (AvgIpc) is 3.15. The average molecular weight is 446 g/mol. The highest BCUT2D eigenvalue weighted by Crippen LogP contribution is 2.32. The Morgan fingerprint density at radius 2 is 1.88 bits per heavy atom. The Bertz CT molecular complexity index is 1050. The Morgan fingerprint density at radius 3 is 2.47 bits per heavy atom. The molecular formula is C22H26N2O8. The standard InChI is InChI=1S/C22H26N2O8/c1-22(2,3)32-21(28)24-11-13(9-17(24)19(25)26)31-18-10-16(20(27)30-5)23-15-8-12(29-4)6-7-14(15)18/h6-8,10,13,17H,9,11H2,1-5H3,(H,25,26)/t13-,17-/m1/s1. The number of rotatable bonds is 5. The van der Waals surface area contributed by atoms with Crippen LogP contribution in [-0.2, 0) is 14.3 Å². The van der Waals surface area contributed by atoms with Gasteiger partial charge in [-0.05, 0) is 32.9 Å². The second-order valence-corrected chi connectivity index (χ2v) is 8.34. The van der Waals surface area contributed by atoms with Crippen molar-refractivity contribution in [2.75, 3.05) is 20.8 Å². The molecule has 1 aromatic carbocycles. The van der Waals surface area contributed by atoms with E-state index in [1.54, 1.807) is 39.0 Å². The molecule has 0 aliphatic carbocycles. The van der Waals surface area contributed by atoms with Gasteiger partial charge in [-0.1, -0.05) is 0 Å². The number of carbonyl (C=O) groups excluding carboxylic acids is 2. The molecule has 2 atom stereocenters. The largest absolute Gasteiger partial charge is 0.497 e. The van der Waals surface area contributed by atoms with E-state index in [0.717, 1.165) is 4.90 Å². The van der Waals surface area contributed by atoms with Crippen molar-refractivity contribution in [2.24, 2.45) is 0 Å². The predicted molar refractivity (Wildman–Crippen MR) is 113 cm³/mol. The van der Waals surface area contributed by atoms with Gasteiger partial charge in [-0.2, -0.15) is 0 Å². The zero-order chi connectivity index (χ0) is 23.6. The lowest BCUT2D eigenvalue weighted by atomic mass is 10.1. The first-order valence-electron chi connectivity index (χ1n) is 9.98. The summed E-state index contributed by atoms with van der Waals surface area (Å²) in [6.07, 6.45) is -1.31. The third-order valence-electron chi connectivity index (χ3n) is 4.84. The number of amides is 1. The van der Waals surface area contributed by atoms with Crippen LogP contribution in [0.15, 0.2) is 24.3 Å². The van der Waals surface area contributed by atoms with Crippen LogP contribution in [-0.4, -0.2) is 71.5 Å². The molecule has 2 aromatic rings. The van der Waals surface area contributed by atoms with Gasteiger partial charge in [0, 0.05) is 23.9 Å². The SMILES string of the molecule is COC(=O)c1cc(O[C@@H]2C[C@H](C(=O)O)N(C(=O)OC(C)(C)C)C2)c2ccc(OC)cc2n1. The van der Waals surface area contributed by atoms with Crippen molar-refractivity contribution in [2.45, 2.75) is 44.9 Å². The summed E-state index contributed by atoms with van der Waals surface area (Å²) in [4.78, 5) is 41.8. The van der Waals surface area contributed by atoms with Crippen molar-refractivity contribution in [3.63, 3.8) is 0 Å². The highest BCUT2D eigenvalue weighted by Gasteiger charge is 2.43. The minimum Gasteiger partial charge on any atom is -0.497 e. The molecule has 1 saturated heterocycles. The van der Waals surface area contributed by atoms with Gasteiger partial charge in [-0.25, -0.2) is 19.4 Å². The fourth-order valence-corrected chi connectivity index (χ4v) is 3.43. The van der Waals surface area contributed by atoms with Crippen molar-refractivity contribution >= 4 is 28.9 Å². The van der Waals surface area contributed by atoms with Crippen molar-refractivity contribution in [3.8, 4) is 11.5 Å². The third kappa shape index (κ3) is 5.01. The number of methoxy groups -OCH3 is 2. The van der Waals surface area contributed by atoms with Gasteiger partial charge in [0.25, 0.3) is 0 Å². The number of fused-ring (bicyclic) bond motifs is 1. The number of hydrogen-bond donors (Lipinski definition) is 1. The number of carbonyl (C=O) groups is 3. The molecule has 1 amide bonds. The summed E-state index contributed by atoms with van der Waals surface area (Å²) in [5.41, 5.74) is -0.298. The first-order chi connectivity index (χ1) is 15.0. The smallest absolute Gasteiger partial charge is 0.411 e. The number of nitrogens with zero attached hydrogens (tertiary/aromatic N) is 2. The second kappa shape index (κ2) is 8.89. The van der Waals surface area contributed by atoms with Crippen LogP contribution in [0.25, 0.3) is 10.9 Å². The molecule has 1 aromatic heterocycles. The Morgan fingerprint density at radius 1 is 1.16 bits per heavy atom. The van der Waals surface area contributed by atoms with Crippen LogP contribution in [0.2, 0.25) is 0 Å². The molecule has 3 rings (SSSR count). The Hall–Kier alpha value is -3.56. The summed E-state index contributed by atoms with van der Waals surface area (Å²) in [6, 6.07) is 5.44. The van der Waals surface area contributed by atoms with Gasteiger partial charge in [0.05, 0.1) is 26.3 Å². The third-order valence-corrected chi connectivity index (χ3v) is 4.84. The molecule has 0 bridgehead atoms. The lowest BCUT2D eigenvalue weighted by Crippen LogP contribution is -2.43. The van der Waals surface area contributed by atoms with E-state index in [0.29, 0.717) is 22.4 Å². The van der Waals surface area contributed by atoms with E-state index in [1.165, 1.54) is 20.3 Å². The highest BCUT2D eigenvalue weighted by atomic mass is 16.6. The van der Waals surface area contributed by atoms with E-state index in [4.69, 9.17) is 18.9 Å². The Kier molecular flexibility index (Phi) is 6.42. The lowest BCUT2D eigenvalue weighted by Gasteiger charge is -2.26. The number of likely N-dealkylation sites (tertiary alicyclic amines) is 1. The van der Waals surface area contributed by atoms with Crippen LogP contribution >= 0.6 is 0 Å². The van der Waals surface area contributed by atoms with Gasteiger partial charge in [-0.15, -0.1) is 0 Å². The first-order valence-corrected chi connectivity index (χ1v) is 9.98. The fourth-order valence-electron chi connectivity index (χ4n) is 3.43. The number of benzene rings is 1. The fraction of sp³-hybridized carbons (Fsp3) is 0.455. The summed E-state index contributed by atoms with van der Waals surface area (Å²) in [6.45, 7) is 5.13. The molecule has 1 N–H and O–H groups in total.